The Morgan fingerprint density at radius 3 is 2.27 bits per heavy atom. The lowest BCUT2D eigenvalue weighted by Crippen LogP contribution is -2.32. The molecule has 1 aliphatic heterocycles. The molecule has 0 atom stereocenters. The van der Waals surface area contributed by atoms with Gasteiger partial charge in [0.15, 0.2) is 0 Å². The average molecular weight is 501 g/mol. The van der Waals surface area contributed by atoms with Gasteiger partial charge in [-0.25, -0.2) is 4.90 Å². The lowest BCUT2D eigenvalue weighted by Gasteiger charge is -2.16. The summed E-state index contributed by atoms with van der Waals surface area (Å²) >= 11 is 13.4. The summed E-state index contributed by atoms with van der Waals surface area (Å²) in [7, 11) is 3.06. The molecular formula is C24H18Cl2N2O4S. The van der Waals surface area contributed by atoms with E-state index in [9.17, 15) is 9.59 Å². The van der Waals surface area contributed by atoms with Crippen LogP contribution in [-0.4, -0.2) is 26.0 Å². The summed E-state index contributed by atoms with van der Waals surface area (Å²) < 4.78 is 10.7. The van der Waals surface area contributed by atoms with Crippen LogP contribution in [0.15, 0.2) is 82.2 Å². The van der Waals surface area contributed by atoms with Gasteiger partial charge in [-0.2, -0.15) is 0 Å². The Morgan fingerprint density at radius 1 is 0.848 bits per heavy atom. The van der Waals surface area contributed by atoms with E-state index in [0.717, 1.165) is 9.80 Å². The van der Waals surface area contributed by atoms with Gasteiger partial charge >= 0.3 is 0 Å². The van der Waals surface area contributed by atoms with Crippen LogP contribution < -0.4 is 19.7 Å². The van der Waals surface area contributed by atoms with E-state index in [1.807, 2.05) is 30.3 Å². The van der Waals surface area contributed by atoms with E-state index in [-0.39, 0.29) is 15.6 Å². The molecule has 2 amide bonds. The molecular weight excluding hydrogens is 483 g/mol. The molecule has 0 radical (unpaired) electrons. The molecule has 33 heavy (non-hydrogen) atoms. The zero-order chi connectivity index (χ0) is 23.5. The molecule has 0 aromatic heterocycles. The Hall–Kier alpha value is -3.13. The van der Waals surface area contributed by atoms with Crippen molar-refractivity contribution in [3.8, 4) is 11.5 Å². The van der Waals surface area contributed by atoms with Crippen LogP contribution >= 0.6 is 35.0 Å². The smallest absolute Gasteiger partial charge is 0.283 e. The molecule has 0 fully saturated rings. The molecule has 4 rings (SSSR count). The van der Waals surface area contributed by atoms with E-state index in [1.54, 1.807) is 30.3 Å². The first-order valence-electron chi connectivity index (χ1n) is 9.73. The number of ether oxygens (including phenoxy) is 2. The summed E-state index contributed by atoms with van der Waals surface area (Å²) in [4.78, 5) is 29.1. The standard InChI is InChI=1S/C24H18Cl2N2O4S/c1-31-15-9-11-20(32-2)19(13-15)27-21-22(33-16-6-4-3-5-7-16)24(30)28(23(21)29)14-8-10-17(25)18(26)12-14/h3-13,27H,1-2H3. The topological polar surface area (TPSA) is 67.9 Å². The minimum atomic E-state index is -0.526. The zero-order valence-corrected chi connectivity index (χ0v) is 19.9. The summed E-state index contributed by atoms with van der Waals surface area (Å²) in [5.74, 6) is 0.0492. The number of thioether (sulfide) groups is 1. The second-order valence-electron chi connectivity index (χ2n) is 6.85. The first kappa shape index (κ1) is 23.0. The van der Waals surface area contributed by atoms with Crippen molar-refractivity contribution in [1.29, 1.82) is 0 Å². The number of carbonyl (C=O) groups excluding carboxylic acids is 2. The van der Waals surface area contributed by atoms with Crippen LogP contribution in [0.4, 0.5) is 11.4 Å². The molecule has 1 heterocycles. The molecule has 0 unspecified atom stereocenters. The maximum absolute atomic E-state index is 13.5. The van der Waals surface area contributed by atoms with E-state index >= 15 is 0 Å². The summed E-state index contributed by atoms with van der Waals surface area (Å²) in [5, 5.41) is 3.66. The van der Waals surface area contributed by atoms with Crippen LogP contribution in [0.5, 0.6) is 11.5 Å². The van der Waals surface area contributed by atoms with Crippen molar-refractivity contribution in [2.45, 2.75) is 4.90 Å². The number of nitrogens with one attached hydrogen (secondary N) is 1. The predicted molar refractivity (Wildman–Crippen MR) is 131 cm³/mol. The van der Waals surface area contributed by atoms with Crippen molar-refractivity contribution >= 4 is 58.2 Å². The van der Waals surface area contributed by atoms with Crippen molar-refractivity contribution in [2.75, 3.05) is 24.4 Å². The molecule has 0 saturated carbocycles. The van der Waals surface area contributed by atoms with E-state index in [2.05, 4.69) is 5.32 Å². The Labute approximate surface area is 205 Å². The van der Waals surface area contributed by atoms with Gasteiger partial charge in [0.2, 0.25) is 0 Å². The number of hydrogen-bond donors (Lipinski definition) is 1. The Balaban J connectivity index is 1.79. The largest absolute Gasteiger partial charge is 0.497 e. The van der Waals surface area contributed by atoms with E-state index in [1.165, 1.54) is 32.0 Å². The number of rotatable bonds is 7. The quantitative estimate of drug-likeness (QED) is 0.401. The normalized spacial score (nSPS) is 13.5. The Kier molecular flexibility index (Phi) is 6.83. The van der Waals surface area contributed by atoms with Crippen LogP contribution in [0, 0.1) is 0 Å². The van der Waals surface area contributed by atoms with Crippen molar-refractivity contribution in [1.82, 2.24) is 0 Å². The highest BCUT2D eigenvalue weighted by Crippen LogP contribution is 2.40. The minimum absolute atomic E-state index is 0.117. The second-order valence-corrected chi connectivity index (χ2v) is 8.75. The van der Waals surface area contributed by atoms with Crippen LogP contribution in [0.25, 0.3) is 0 Å². The van der Waals surface area contributed by atoms with Gasteiger partial charge in [-0.05, 0) is 42.5 Å². The summed E-state index contributed by atoms with van der Waals surface area (Å²) in [6.45, 7) is 0. The van der Waals surface area contributed by atoms with Crippen molar-refractivity contribution in [3.05, 3.63) is 87.4 Å². The fourth-order valence-electron chi connectivity index (χ4n) is 3.23. The van der Waals surface area contributed by atoms with Crippen LogP contribution in [-0.2, 0) is 9.59 Å². The molecule has 0 aliphatic carbocycles. The fraction of sp³-hybridized carbons (Fsp3) is 0.0833. The lowest BCUT2D eigenvalue weighted by atomic mass is 10.2. The number of methoxy groups -OCH3 is 2. The molecule has 1 aliphatic rings. The lowest BCUT2D eigenvalue weighted by molar-refractivity contribution is -0.120. The van der Waals surface area contributed by atoms with Crippen LogP contribution in [0.2, 0.25) is 10.0 Å². The van der Waals surface area contributed by atoms with Gasteiger partial charge in [-0.15, -0.1) is 0 Å². The maximum atomic E-state index is 13.5. The number of imide groups is 1. The monoisotopic (exact) mass is 500 g/mol. The van der Waals surface area contributed by atoms with E-state index < -0.39 is 11.8 Å². The molecule has 0 spiro atoms. The molecule has 0 saturated heterocycles. The van der Waals surface area contributed by atoms with Gasteiger partial charge in [0.05, 0.1) is 35.6 Å². The van der Waals surface area contributed by atoms with Gasteiger partial charge in [-0.3, -0.25) is 9.59 Å². The highest BCUT2D eigenvalue weighted by Gasteiger charge is 2.40. The third-order valence-electron chi connectivity index (χ3n) is 4.83. The maximum Gasteiger partial charge on any atom is 0.283 e. The summed E-state index contributed by atoms with van der Waals surface area (Å²) in [6.07, 6.45) is 0. The van der Waals surface area contributed by atoms with E-state index in [4.69, 9.17) is 32.7 Å². The molecule has 9 heteroatoms. The third kappa shape index (κ3) is 4.66. The summed E-state index contributed by atoms with van der Waals surface area (Å²) in [6, 6.07) is 19.1. The zero-order valence-electron chi connectivity index (χ0n) is 17.6. The Morgan fingerprint density at radius 2 is 1.61 bits per heavy atom. The van der Waals surface area contributed by atoms with Crippen LogP contribution in [0.3, 0.4) is 0 Å². The summed E-state index contributed by atoms with van der Waals surface area (Å²) in [5.41, 5.74) is 0.918. The Bertz CT molecular complexity index is 1260. The number of carbonyl (C=O) groups is 2. The number of benzene rings is 3. The molecule has 3 aromatic rings. The van der Waals surface area contributed by atoms with Gasteiger partial charge in [0.25, 0.3) is 11.8 Å². The minimum Gasteiger partial charge on any atom is -0.497 e. The van der Waals surface area contributed by atoms with Crippen molar-refractivity contribution < 1.29 is 19.1 Å². The molecule has 6 nitrogen and oxygen atoms in total. The molecule has 3 aromatic carbocycles. The van der Waals surface area contributed by atoms with E-state index in [0.29, 0.717) is 27.9 Å². The number of anilines is 2. The number of hydrogen-bond acceptors (Lipinski definition) is 6. The first-order chi connectivity index (χ1) is 15.9. The number of nitrogens with zero attached hydrogens (tertiary/aromatic N) is 1. The first-order valence-corrected chi connectivity index (χ1v) is 11.3. The number of amides is 2. The third-order valence-corrected chi connectivity index (χ3v) is 6.66. The van der Waals surface area contributed by atoms with Crippen LogP contribution in [0.1, 0.15) is 0 Å². The van der Waals surface area contributed by atoms with Gasteiger partial charge in [-0.1, -0.05) is 53.2 Å². The van der Waals surface area contributed by atoms with Gasteiger partial charge < -0.3 is 14.8 Å². The molecule has 1 N–H and O–H groups in total. The predicted octanol–water partition coefficient (Wildman–Crippen LogP) is 6.00. The average Bonchev–Trinajstić information content (AvgIpc) is 3.05. The molecule has 0 bridgehead atoms. The number of halogens is 2. The SMILES string of the molecule is COc1ccc(OC)c(NC2=C(Sc3ccccc3)C(=O)N(c3ccc(Cl)c(Cl)c3)C2=O)c1. The van der Waals surface area contributed by atoms with Crippen molar-refractivity contribution in [2.24, 2.45) is 0 Å². The molecule has 168 valence electrons. The van der Waals surface area contributed by atoms with Gasteiger partial charge in [0, 0.05) is 11.0 Å². The highest BCUT2D eigenvalue weighted by atomic mass is 35.5. The van der Waals surface area contributed by atoms with Gasteiger partial charge in [0.1, 0.15) is 22.1 Å². The second kappa shape index (κ2) is 9.79. The van der Waals surface area contributed by atoms with Crippen molar-refractivity contribution in [3.63, 3.8) is 0 Å². The fourth-order valence-corrected chi connectivity index (χ4v) is 4.47. The highest BCUT2D eigenvalue weighted by molar-refractivity contribution is 8.04.